The van der Waals surface area contributed by atoms with E-state index in [1.54, 1.807) is 7.11 Å². The van der Waals surface area contributed by atoms with E-state index in [-0.39, 0.29) is 0 Å². The van der Waals surface area contributed by atoms with E-state index in [9.17, 15) is 0 Å². The van der Waals surface area contributed by atoms with Crippen LogP contribution < -0.4 is 0 Å². The fourth-order valence-electron chi connectivity index (χ4n) is 0.204. The molecule has 2 nitrogen and oxygen atoms in total. The molecule has 0 fully saturated rings. The fourth-order valence-corrected chi connectivity index (χ4v) is 0.204. The summed E-state index contributed by atoms with van der Waals surface area (Å²) in [6, 6.07) is 0. The molecule has 1 N–H and O–H groups in total. The van der Waals surface area contributed by atoms with Crippen molar-refractivity contribution < 1.29 is 9.84 Å². The third kappa shape index (κ3) is 138. The standard InChI is InChI=1S/C4H10O.C4H10.C3H8O/c1-3-4-5-2;1-4(2)3;1-2-3-4/h3-4H2,1-2H3;4H,1-3H3;4H,2-3H2,1H3. The number of aliphatic hydroxyl groups excluding tert-OH is 1. The van der Waals surface area contributed by atoms with Gasteiger partial charge in [-0.2, -0.15) is 0 Å². The van der Waals surface area contributed by atoms with Crippen molar-refractivity contribution >= 4 is 0 Å². The number of hydrogen-bond donors (Lipinski definition) is 1. The maximum atomic E-state index is 7.88. The second kappa shape index (κ2) is 22.7. The molecule has 0 radical (unpaired) electrons. The van der Waals surface area contributed by atoms with E-state index < -0.39 is 0 Å². The number of rotatable bonds is 3. The first-order valence-electron chi connectivity index (χ1n) is 5.16. The van der Waals surface area contributed by atoms with Gasteiger partial charge in [-0.3, -0.25) is 0 Å². The van der Waals surface area contributed by atoms with Gasteiger partial charge in [0.15, 0.2) is 0 Å². The first-order chi connectivity index (χ1) is 6.06. The lowest BCUT2D eigenvalue weighted by molar-refractivity contribution is 0.199. The minimum atomic E-state index is 0.319. The summed E-state index contributed by atoms with van der Waals surface area (Å²) in [4.78, 5) is 0. The molecule has 0 aromatic rings. The molecule has 0 aliphatic carbocycles. The van der Waals surface area contributed by atoms with E-state index in [1.807, 2.05) is 6.92 Å². The Morgan fingerprint density at radius 1 is 1.08 bits per heavy atom. The maximum absolute atomic E-state index is 7.88. The Kier molecular flexibility index (Phi) is 32.5. The molecule has 0 rings (SSSR count). The molecule has 0 heterocycles. The zero-order valence-corrected chi connectivity index (χ0v) is 10.3. The predicted molar refractivity (Wildman–Crippen MR) is 60.1 cm³/mol. The normalized spacial score (nSPS) is 8.31. The summed E-state index contributed by atoms with van der Waals surface area (Å²) in [6.45, 7) is 11.7. The topological polar surface area (TPSA) is 29.5 Å². The Hall–Kier alpha value is -0.0800. The van der Waals surface area contributed by atoms with Gasteiger partial charge in [0.05, 0.1) is 0 Å². The molecular weight excluding hydrogens is 164 g/mol. The van der Waals surface area contributed by atoms with Gasteiger partial charge in [-0.15, -0.1) is 0 Å². The number of methoxy groups -OCH3 is 1. The third-order valence-electron chi connectivity index (χ3n) is 0.632. The van der Waals surface area contributed by atoms with Crippen LogP contribution in [0.1, 0.15) is 47.5 Å². The first kappa shape index (κ1) is 18.7. The Balaban J connectivity index is -0.000000117. The molecule has 0 unspecified atom stereocenters. The molecule has 84 valence electrons. The van der Waals surface area contributed by atoms with E-state index in [4.69, 9.17) is 9.84 Å². The lowest BCUT2D eigenvalue weighted by Gasteiger charge is -1.84. The molecular formula is C11H28O2. The van der Waals surface area contributed by atoms with Crippen molar-refractivity contribution in [1.29, 1.82) is 0 Å². The average molecular weight is 192 g/mol. The van der Waals surface area contributed by atoms with Gasteiger partial charge in [0, 0.05) is 20.3 Å². The van der Waals surface area contributed by atoms with Crippen LogP contribution in [0.3, 0.4) is 0 Å². The monoisotopic (exact) mass is 192 g/mol. The van der Waals surface area contributed by atoms with E-state index in [2.05, 4.69) is 27.7 Å². The smallest absolute Gasteiger partial charge is 0.0459 e. The van der Waals surface area contributed by atoms with Crippen molar-refractivity contribution in [1.82, 2.24) is 0 Å². The largest absolute Gasteiger partial charge is 0.396 e. The zero-order chi connectivity index (χ0) is 11.1. The van der Waals surface area contributed by atoms with Gasteiger partial charge < -0.3 is 9.84 Å². The number of ether oxygens (including phenoxy) is 1. The first-order valence-corrected chi connectivity index (χ1v) is 5.16. The van der Waals surface area contributed by atoms with Crippen molar-refractivity contribution in [3.8, 4) is 0 Å². The summed E-state index contributed by atoms with van der Waals surface area (Å²) >= 11 is 0. The van der Waals surface area contributed by atoms with Crippen LogP contribution >= 0.6 is 0 Å². The molecule has 0 spiro atoms. The molecule has 0 aliphatic heterocycles. The van der Waals surface area contributed by atoms with Crippen molar-refractivity contribution in [3.05, 3.63) is 0 Å². The number of hydrogen-bond acceptors (Lipinski definition) is 2. The molecule has 0 saturated carbocycles. The minimum absolute atomic E-state index is 0.319. The second-order valence-electron chi connectivity index (χ2n) is 3.45. The molecule has 13 heavy (non-hydrogen) atoms. The summed E-state index contributed by atoms with van der Waals surface area (Å²) in [5.41, 5.74) is 0. The molecule has 0 bridgehead atoms. The van der Waals surface area contributed by atoms with Gasteiger partial charge in [-0.1, -0.05) is 34.6 Å². The fraction of sp³-hybridized carbons (Fsp3) is 1.00. The molecule has 0 saturated heterocycles. The highest BCUT2D eigenvalue weighted by molar-refractivity contribution is 4.20. The molecule has 0 aromatic heterocycles. The van der Waals surface area contributed by atoms with Gasteiger partial charge in [0.2, 0.25) is 0 Å². The Bertz CT molecular complexity index is 47.3. The molecule has 0 amide bonds. The lowest BCUT2D eigenvalue weighted by atomic mass is 10.3. The third-order valence-corrected chi connectivity index (χ3v) is 0.632. The van der Waals surface area contributed by atoms with Crippen LogP contribution in [-0.2, 0) is 4.74 Å². The summed E-state index contributed by atoms with van der Waals surface area (Å²) < 4.78 is 4.69. The van der Waals surface area contributed by atoms with Gasteiger partial charge in [0.1, 0.15) is 0 Å². The summed E-state index contributed by atoms with van der Waals surface area (Å²) in [6.07, 6.45) is 2.00. The lowest BCUT2D eigenvalue weighted by Crippen LogP contribution is -1.80. The Labute approximate surface area is 84.3 Å². The van der Waals surface area contributed by atoms with Crippen LogP contribution in [0.2, 0.25) is 0 Å². The maximum Gasteiger partial charge on any atom is 0.0459 e. The van der Waals surface area contributed by atoms with Crippen LogP contribution in [0.15, 0.2) is 0 Å². The van der Waals surface area contributed by atoms with Crippen LogP contribution in [0.5, 0.6) is 0 Å². The van der Waals surface area contributed by atoms with E-state index in [0.29, 0.717) is 6.61 Å². The molecule has 0 aliphatic rings. The zero-order valence-electron chi connectivity index (χ0n) is 10.3. The second-order valence-corrected chi connectivity index (χ2v) is 3.45. The minimum Gasteiger partial charge on any atom is -0.396 e. The molecule has 2 heteroatoms. The van der Waals surface area contributed by atoms with Crippen molar-refractivity contribution in [2.75, 3.05) is 20.3 Å². The van der Waals surface area contributed by atoms with E-state index in [1.165, 1.54) is 0 Å². The van der Waals surface area contributed by atoms with Crippen LogP contribution in [0.25, 0.3) is 0 Å². The summed E-state index contributed by atoms with van der Waals surface area (Å²) in [5, 5.41) is 7.88. The summed E-state index contributed by atoms with van der Waals surface area (Å²) in [5.74, 6) is 0.833. The highest BCUT2D eigenvalue weighted by atomic mass is 16.5. The van der Waals surface area contributed by atoms with Gasteiger partial charge >= 0.3 is 0 Å². The Morgan fingerprint density at radius 3 is 1.38 bits per heavy atom. The van der Waals surface area contributed by atoms with Gasteiger partial charge in [0.25, 0.3) is 0 Å². The Morgan fingerprint density at radius 2 is 1.38 bits per heavy atom. The van der Waals surface area contributed by atoms with E-state index >= 15 is 0 Å². The summed E-state index contributed by atoms with van der Waals surface area (Å²) in [7, 11) is 1.71. The average Bonchev–Trinajstić information content (AvgIpc) is 2.05. The SMILES string of the molecule is CC(C)C.CCCO.CCCOC. The predicted octanol–water partition coefficient (Wildman–Crippen LogP) is 3.09. The van der Waals surface area contributed by atoms with Crippen molar-refractivity contribution in [3.63, 3.8) is 0 Å². The van der Waals surface area contributed by atoms with E-state index in [0.717, 1.165) is 25.4 Å². The highest BCUT2D eigenvalue weighted by Gasteiger charge is 1.68. The molecule has 0 aromatic carbocycles. The quantitative estimate of drug-likeness (QED) is 0.744. The van der Waals surface area contributed by atoms with Gasteiger partial charge in [-0.25, -0.2) is 0 Å². The van der Waals surface area contributed by atoms with Crippen LogP contribution in [0, 0.1) is 5.92 Å². The van der Waals surface area contributed by atoms with Crippen molar-refractivity contribution in [2.24, 2.45) is 5.92 Å². The highest BCUT2D eigenvalue weighted by Crippen LogP contribution is 1.81. The van der Waals surface area contributed by atoms with Crippen LogP contribution in [0.4, 0.5) is 0 Å². The van der Waals surface area contributed by atoms with Crippen molar-refractivity contribution in [2.45, 2.75) is 47.5 Å². The number of aliphatic hydroxyl groups is 1. The van der Waals surface area contributed by atoms with Gasteiger partial charge in [-0.05, 0) is 18.8 Å². The molecule has 0 atom stereocenters. The van der Waals surface area contributed by atoms with Crippen LogP contribution in [-0.4, -0.2) is 25.4 Å².